The molecule has 0 spiro atoms. The maximum atomic E-state index is 12.6. The number of benzene rings is 2. The van der Waals surface area contributed by atoms with Gasteiger partial charge < -0.3 is 9.15 Å². The normalized spacial score (nSPS) is 12.6. The van der Waals surface area contributed by atoms with Gasteiger partial charge in [-0.15, -0.1) is 0 Å². The molecule has 7 nitrogen and oxygen atoms in total. The minimum absolute atomic E-state index is 0.0110. The second-order valence-electron chi connectivity index (χ2n) is 6.42. The van der Waals surface area contributed by atoms with Crippen LogP contribution in [0.4, 0.5) is 0 Å². The van der Waals surface area contributed by atoms with Crippen LogP contribution >= 0.6 is 0 Å². The summed E-state index contributed by atoms with van der Waals surface area (Å²) in [5, 5.41) is 8.93. The average Bonchev–Trinajstić information content (AvgIpc) is 3.35. The summed E-state index contributed by atoms with van der Waals surface area (Å²) in [5.41, 5.74) is 1.70. The summed E-state index contributed by atoms with van der Waals surface area (Å²) in [6, 6.07) is 16.4. The molecule has 0 saturated carbocycles. The van der Waals surface area contributed by atoms with Crippen LogP contribution in [0, 0.1) is 11.3 Å². The molecule has 4 rings (SSSR count). The number of rotatable bonds is 5. The highest BCUT2D eigenvalue weighted by atomic mass is 16.5. The number of amides is 2. The Morgan fingerprint density at radius 2 is 1.86 bits per heavy atom. The number of esters is 1. The van der Waals surface area contributed by atoms with Gasteiger partial charge in [0.15, 0.2) is 0 Å². The summed E-state index contributed by atoms with van der Waals surface area (Å²) in [6.07, 6.45) is 1.47. The van der Waals surface area contributed by atoms with Crippen molar-refractivity contribution in [1.29, 1.82) is 5.26 Å². The van der Waals surface area contributed by atoms with Crippen molar-refractivity contribution < 1.29 is 23.5 Å². The molecule has 0 saturated heterocycles. The Balaban J connectivity index is 1.49. The summed E-state index contributed by atoms with van der Waals surface area (Å²) in [4.78, 5) is 38.6. The van der Waals surface area contributed by atoms with Crippen LogP contribution in [0.5, 0.6) is 0 Å². The molecular formula is C22H14N2O5. The number of nitrogens with zero attached hydrogens (tertiary/aromatic N) is 2. The van der Waals surface area contributed by atoms with E-state index in [0.29, 0.717) is 16.9 Å². The quantitative estimate of drug-likeness (QED) is 0.493. The van der Waals surface area contributed by atoms with Gasteiger partial charge in [0.1, 0.15) is 12.4 Å². The maximum absolute atomic E-state index is 12.6. The zero-order valence-corrected chi connectivity index (χ0v) is 15.1. The number of carbonyl (C=O) groups is 3. The molecule has 0 bridgehead atoms. The van der Waals surface area contributed by atoms with Gasteiger partial charge in [0.2, 0.25) is 0 Å². The zero-order valence-electron chi connectivity index (χ0n) is 15.1. The van der Waals surface area contributed by atoms with E-state index in [2.05, 4.69) is 0 Å². The third kappa shape index (κ3) is 3.51. The Kier molecular flexibility index (Phi) is 4.67. The Labute approximate surface area is 165 Å². The number of imide groups is 1. The van der Waals surface area contributed by atoms with E-state index >= 15 is 0 Å². The predicted molar refractivity (Wildman–Crippen MR) is 99.6 cm³/mol. The molecule has 0 atom stereocenters. The zero-order chi connectivity index (χ0) is 20.4. The van der Waals surface area contributed by atoms with Crippen LogP contribution < -0.4 is 0 Å². The number of hydrogen-bond acceptors (Lipinski definition) is 6. The number of nitriles is 1. The first kappa shape index (κ1) is 18.2. The molecule has 1 aliphatic rings. The van der Waals surface area contributed by atoms with E-state index in [4.69, 9.17) is 14.4 Å². The Bertz CT molecular complexity index is 1160. The van der Waals surface area contributed by atoms with Gasteiger partial charge in [-0.05, 0) is 48.0 Å². The molecule has 0 radical (unpaired) electrons. The summed E-state index contributed by atoms with van der Waals surface area (Å²) in [5.74, 6) is -1.06. The Hall–Kier alpha value is -4.18. The maximum Gasteiger partial charge on any atom is 0.338 e. The van der Waals surface area contributed by atoms with Gasteiger partial charge in [0, 0.05) is 0 Å². The van der Waals surface area contributed by atoms with E-state index in [9.17, 15) is 14.4 Å². The van der Waals surface area contributed by atoms with Gasteiger partial charge in [0.05, 0.1) is 41.1 Å². The second-order valence-corrected chi connectivity index (χ2v) is 6.42. The van der Waals surface area contributed by atoms with Crippen LogP contribution in [-0.2, 0) is 17.9 Å². The molecule has 29 heavy (non-hydrogen) atoms. The fourth-order valence-corrected chi connectivity index (χ4v) is 3.08. The first-order valence-corrected chi connectivity index (χ1v) is 8.75. The van der Waals surface area contributed by atoms with Gasteiger partial charge in [-0.2, -0.15) is 5.26 Å². The topological polar surface area (TPSA) is 101 Å². The number of ether oxygens (including phenoxy) is 1. The van der Waals surface area contributed by atoms with E-state index in [-0.39, 0.29) is 29.8 Å². The van der Waals surface area contributed by atoms with Crippen molar-refractivity contribution in [3.8, 4) is 6.07 Å². The minimum Gasteiger partial charge on any atom is -0.467 e. The highest BCUT2D eigenvalue weighted by Crippen LogP contribution is 2.26. The minimum atomic E-state index is -0.625. The van der Waals surface area contributed by atoms with E-state index < -0.39 is 17.8 Å². The van der Waals surface area contributed by atoms with Crippen LogP contribution in [-0.4, -0.2) is 22.7 Å². The van der Waals surface area contributed by atoms with E-state index in [0.717, 1.165) is 4.90 Å². The SMILES string of the molecule is N#Cc1cccc(COC(=O)c2ccc3c(c2)C(=O)N(Cc2ccco2)C3=O)c1. The lowest BCUT2D eigenvalue weighted by Crippen LogP contribution is -2.28. The van der Waals surface area contributed by atoms with Crippen LogP contribution in [0.2, 0.25) is 0 Å². The number of fused-ring (bicyclic) bond motifs is 1. The van der Waals surface area contributed by atoms with Gasteiger partial charge in [-0.25, -0.2) is 4.79 Å². The molecule has 2 heterocycles. The largest absolute Gasteiger partial charge is 0.467 e. The summed E-state index contributed by atoms with van der Waals surface area (Å²) in [6.45, 7) is 0.0112. The fraction of sp³-hybridized carbons (Fsp3) is 0.0909. The van der Waals surface area contributed by atoms with Crippen molar-refractivity contribution in [2.75, 3.05) is 0 Å². The molecule has 0 aliphatic carbocycles. The lowest BCUT2D eigenvalue weighted by atomic mass is 10.1. The molecule has 0 fully saturated rings. The lowest BCUT2D eigenvalue weighted by molar-refractivity contribution is 0.0472. The third-order valence-electron chi connectivity index (χ3n) is 4.53. The Morgan fingerprint density at radius 1 is 1.03 bits per heavy atom. The number of carbonyl (C=O) groups excluding carboxylic acids is 3. The molecule has 1 aromatic heterocycles. The third-order valence-corrected chi connectivity index (χ3v) is 4.53. The van der Waals surface area contributed by atoms with E-state index in [1.807, 2.05) is 6.07 Å². The van der Waals surface area contributed by atoms with Crippen molar-refractivity contribution in [3.05, 3.63) is 94.4 Å². The van der Waals surface area contributed by atoms with Crippen LogP contribution in [0.1, 0.15) is 48.0 Å². The molecule has 142 valence electrons. The Morgan fingerprint density at radius 3 is 2.62 bits per heavy atom. The molecule has 2 amide bonds. The van der Waals surface area contributed by atoms with Gasteiger partial charge >= 0.3 is 5.97 Å². The van der Waals surface area contributed by atoms with E-state index in [1.165, 1.54) is 24.5 Å². The monoisotopic (exact) mass is 386 g/mol. The van der Waals surface area contributed by atoms with Crippen LogP contribution in [0.25, 0.3) is 0 Å². The summed E-state index contributed by atoms with van der Waals surface area (Å²) in [7, 11) is 0. The molecular weight excluding hydrogens is 372 g/mol. The van der Waals surface area contributed by atoms with Crippen LogP contribution in [0.15, 0.2) is 65.3 Å². The van der Waals surface area contributed by atoms with Crippen molar-refractivity contribution >= 4 is 17.8 Å². The second kappa shape index (κ2) is 7.44. The van der Waals surface area contributed by atoms with Crippen molar-refractivity contribution in [2.24, 2.45) is 0 Å². The molecule has 0 unspecified atom stereocenters. The van der Waals surface area contributed by atoms with Crippen LogP contribution in [0.3, 0.4) is 0 Å². The van der Waals surface area contributed by atoms with Gasteiger partial charge in [-0.1, -0.05) is 12.1 Å². The molecule has 3 aromatic rings. The average molecular weight is 386 g/mol. The lowest BCUT2D eigenvalue weighted by Gasteiger charge is -2.11. The summed E-state index contributed by atoms with van der Waals surface area (Å²) < 4.78 is 10.5. The van der Waals surface area contributed by atoms with Crippen molar-refractivity contribution in [1.82, 2.24) is 4.90 Å². The van der Waals surface area contributed by atoms with Crippen molar-refractivity contribution in [3.63, 3.8) is 0 Å². The van der Waals surface area contributed by atoms with E-state index in [1.54, 1.807) is 36.4 Å². The molecule has 1 aliphatic heterocycles. The fourth-order valence-electron chi connectivity index (χ4n) is 3.08. The number of furan rings is 1. The first-order valence-electron chi connectivity index (χ1n) is 8.75. The van der Waals surface area contributed by atoms with Gasteiger partial charge in [0.25, 0.3) is 11.8 Å². The summed E-state index contributed by atoms with van der Waals surface area (Å²) >= 11 is 0. The highest BCUT2D eigenvalue weighted by molar-refractivity contribution is 6.21. The smallest absolute Gasteiger partial charge is 0.338 e. The first-order chi connectivity index (χ1) is 14.1. The van der Waals surface area contributed by atoms with Gasteiger partial charge in [-0.3, -0.25) is 14.5 Å². The number of hydrogen-bond donors (Lipinski definition) is 0. The molecule has 7 heteroatoms. The standard InChI is InChI=1S/C22H14N2O5/c23-11-14-3-1-4-15(9-14)13-29-22(27)16-6-7-18-19(10-16)21(26)24(20(18)25)12-17-5-2-8-28-17/h1-10H,12-13H2. The molecule has 2 aromatic carbocycles. The predicted octanol–water partition coefficient (Wildman–Crippen LogP) is 3.30. The molecule has 0 N–H and O–H groups in total. The highest BCUT2D eigenvalue weighted by Gasteiger charge is 2.36. The van der Waals surface area contributed by atoms with Crippen molar-refractivity contribution in [2.45, 2.75) is 13.2 Å².